The van der Waals surface area contributed by atoms with E-state index in [-0.39, 0.29) is 18.7 Å². The van der Waals surface area contributed by atoms with E-state index in [2.05, 4.69) is 4.90 Å². The molecule has 0 atom stereocenters. The summed E-state index contributed by atoms with van der Waals surface area (Å²) in [5, 5.41) is 0. The standard InChI is InChI=1S/C16H26F2N2O/c1-15(5-7-16(17,18)8-6-15)14(21)20-11-3-13(4-12-20)19-9-2-10-19/h13H,2-12H2,1H3. The second-order valence-electron chi connectivity index (χ2n) is 7.33. The lowest BCUT2D eigenvalue weighted by Crippen LogP contribution is -2.54. The Morgan fingerprint density at radius 1 is 1.00 bits per heavy atom. The fourth-order valence-corrected chi connectivity index (χ4v) is 3.90. The number of hydrogen-bond donors (Lipinski definition) is 0. The molecule has 0 N–H and O–H groups in total. The van der Waals surface area contributed by atoms with Crippen LogP contribution in [-0.4, -0.2) is 53.9 Å². The molecule has 0 aromatic heterocycles. The van der Waals surface area contributed by atoms with Gasteiger partial charge in [-0.25, -0.2) is 8.78 Å². The molecule has 0 bridgehead atoms. The van der Waals surface area contributed by atoms with Crippen LogP contribution in [0.3, 0.4) is 0 Å². The third kappa shape index (κ3) is 3.08. The van der Waals surface area contributed by atoms with E-state index in [0.717, 1.165) is 25.9 Å². The van der Waals surface area contributed by atoms with Crippen LogP contribution in [0.1, 0.15) is 51.9 Å². The lowest BCUT2D eigenvalue weighted by Gasteiger charge is -2.45. The molecule has 120 valence electrons. The molecule has 3 aliphatic rings. The number of nitrogens with zero attached hydrogens (tertiary/aromatic N) is 2. The van der Waals surface area contributed by atoms with Gasteiger partial charge in [0, 0.05) is 37.4 Å². The van der Waals surface area contributed by atoms with Crippen molar-refractivity contribution >= 4 is 5.91 Å². The van der Waals surface area contributed by atoms with Crippen molar-refractivity contribution in [3.05, 3.63) is 0 Å². The van der Waals surface area contributed by atoms with Gasteiger partial charge in [-0.1, -0.05) is 6.92 Å². The second kappa shape index (κ2) is 5.49. The summed E-state index contributed by atoms with van der Waals surface area (Å²) >= 11 is 0. The van der Waals surface area contributed by atoms with Crippen molar-refractivity contribution in [3.63, 3.8) is 0 Å². The molecule has 0 spiro atoms. The fraction of sp³-hybridized carbons (Fsp3) is 0.938. The Balaban J connectivity index is 1.54. The van der Waals surface area contributed by atoms with Crippen molar-refractivity contribution in [1.29, 1.82) is 0 Å². The largest absolute Gasteiger partial charge is 0.342 e. The molecule has 5 heteroatoms. The summed E-state index contributed by atoms with van der Waals surface area (Å²) in [5.41, 5.74) is -0.564. The molecule has 0 aromatic carbocycles. The van der Waals surface area contributed by atoms with Gasteiger partial charge in [0.25, 0.3) is 0 Å². The number of amides is 1. The van der Waals surface area contributed by atoms with Gasteiger partial charge in [-0.2, -0.15) is 0 Å². The van der Waals surface area contributed by atoms with E-state index in [1.807, 2.05) is 11.8 Å². The number of carbonyl (C=O) groups excluding carboxylic acids is 1. The third-order valence-corrected chi connectivity index (χ3v) is 5.76. The van der Waals surface area contributed by atoms with Crippen LogP contribution in [0.5, 0.6) is 0 Å². The van der Waals surface area contributed by atoms with Crippen LogP contribution in [0.4, 0.5) is 8.78 Å². The van der Waals surface area contributed by atoms with Crippen LogP contribution in [0.15, 0.2) is 0 Å². The van der Waals surface area contributed by atoms with E-state index < -0.39 is 11.3 Å². The van der Waals surface area contributed by atoms with Gasteiger partial charge in [0.2, 0.25) is 11.8 Å². The SMILES string of the molecule is CC1(C(=O)N2CCC(N3CCC3)CC2)CCC(F)(F)CC1. The summed E-state index contributed by atoms with van der Waals surface area (Å²) < 4.78 is 26.6. The van der Waals surface area contributed by atoms with Crippen molar-refractivity contribution in [1.82, 2.24) is 9.80 Å². The molecule has 2 heterocycles. The molecule has 1 amide bonds. The summed E-state index contributed by atoms with van der Waals surface area (Å²) in [4.78, 5) is 17.1. The number of alkyl halides is 2. The van der Waals surface area contributed by atoms with E-state index in [1.165, 1.54) is 19.5 Å². The Bertz CT molecular complexity index is 391. The molecule has 0 aromatic rings. The molecular formula is C16H26F2N2O. The van der Waals surface area contributed by atoms with Crippen LogP contribution >= 0.6 is 0 Å². The number of halogens is 2. The Hall–Kier alpha value is -0.710. The first kappa shape index (κ1) is 15.2. The fourth-order valence-electron chi connectivity index (χ4n) is 3.90. The Morgan fingerprint density at radius 2 is 1.57 bits per heavy atom. The van der Waals surface area contributed by atoms with Gasteiger partial charge in [0.15, 0.2) is 0 Å². The Morgan fingerprint density at radius 3 is 2.05 bits per heavy atom. The summed E-state index contributed by atoms with van der Waals surface area (Å²) in [5.74, 6) is -2.45. The molecule has 0 unspecified atom stereocenters. The summed E-state index contributed by atoms with van der Waals surface area (Å²) in [6.07, 6.45) is 3.75. The van der Waals surface area contributed by atoms with Crippen molar-refractivity contribution in [3.8, 4) is 0 Å². The molecule has 0 radical (unpaired) electrons. The minimum Gasteiger partial charge on any atom is -0.342 e. The van der Waals surface area contributed by atoms with Crippen molar-refractivity contribution < 1.29 is 13.6 Å². The monoisotopic (exact) mass is 300 g/mol. The minimum absolute atomic E-state index is 0.111. The highest BCUT2D eigenvalue weighted by Crippen LogP contribution is 2.44. The molecule has 2 aliphatic heterocycles. The maximum atomic E-state index is 13.3. The van der Waals surface area contributed by atoms with Crippen LogP contribution in [0.25, 0.3) is 0 Å². The van der Waals surface area contributed by atoms with Crippen molar-refractivity contribution in [2.24, 2.45) is 5.41 Å². The lowest BCUT2D eigenvalue weighted by molar-refractivity contribution is -0.150. The number of carbonyl (C=O) groups is 1. The number of piperidine rings is 1. The van der Waals surface area contributed by atoms with E-state index in [1.54, 1.807) is 0 Å². The molecule has 21 heavy (non-hydrogen) atoms. The van der Waals surface area contributed by atoms with Crippen LogP contribution in [0, 0.1) is 5.41 Å². The Labute approximate surface area is 125 Å². The Kier molecular flexibility index (Phi) is 3.97. The molecule has 1 aliphatic carbocycles. The highest BCUT2D eigenvalue weighted by molar-refractivity contribution is 5.82. The maximum Gasteiger partial charge on any atom is 0.248 e. The van der Waals surface area contributed by atoms with Crippen LogP contribution in [-0.2, 0) is 4.79 Å². The molecule has 1 saturated carbocycles. The highest BCUT2D eigenvalue weighted by atomic mass is 19.3. The van der Waals surface area contributed by atoms with E-state index in [0.29, 0.717) is 18.9 Å². The van der Waals surface area contributed by atoms with Gasteiger partial charge >= 0.3 is 0 Å². The first-order chi connectivity index (χ1) is 9.90. The summed E-state index contributed by atoms with van der Waals surface area (Å²) in [7, 11) is 0. The van der Waals surface area contributed by atoms with Gasteiger partial charge < -0.3 is 9.80 Å². The maximum absolute atomic E-state index is 13.3. The lowest BCUT2D eigenvalue weighted by atomic mass is 9.73. The zero-order valence-electron chi connectivity index (χ0n) is 12.9. The minimum atomic E-state index is -2.57. The van der Waals surface area contributed by atoms with Gasteiger partial charge in [0.05, 0.1) is 0 Å². The van der Waals surface area contributed by atoms with Gasteiger partial charge in [-0.3, -0.25) is 4.79 Å². The normalized spacial score (nSPS) is 30.0. The highest BCUT2D eigenvalue weighted by Gasteiger charge is 2.46. The first-order valence-corrected chi connectivity index (χ1v) is 8.31. The first-order valence-electron chi connectivity index (χ1n) is 8.31. The molecular weight excluding hydrogens is 274 g/mol. The molecule has 3 fully saturated rings. The van der Waals surface area contributed by atoms with Crippen molar-refractivity contribution in [2.45, 2.75) is 63.8 Å². The molecule has 3 nitrogen and oxygen atoms in total. The van der Waals surface area contributed by atoms with E-state index >= 15 is 0 Å². The molecule has 3 rings (SSSR count). The van der Waals surface area contributed by atoms with Gasteiger partial charge in [0.1, 0.15) is 0 Å². The van der Waals surface area contributed by atoms with Gasteiger partial charge in [-0.05, 0) is 45.2 Å². The predicted molar refractivity (Wildman–Crippen MR) is 77.3 cm³/mol. The smallest absolute Gasteiger partial charge is 0.248 e. The summed E-state index contributed by atoms with van der Waals surface area (Å²) in [6.45, 7) is 5.88. The third-order valence-electron chi connectivity index (χ3n) is 5.76. The van der Waals surface area contributed by atoms with Crippen LogP contribution < -0.4 is 0 Å². The number of hydrogen-bond acceptors (Lipinski definition) is 2. The topological polar surface area (TPSA) is 23.6 Å². The van der Waals surface area contributed by atoms with E-state index in [9.17, 15) is 13.6 Å². The average molecular weight is 300 g/mol. The van der Waals surface area contributed by atoms with Crippen molar-refractivity contribution in [2.75, 3.05) is 26.2 Å². The zero-order valence-corrected chi connectivity index (χ0v) is 12.9. The number of likely N-dealkylation sites (tertiary alicyclic amines) is 2. The zero-order chi connectivity index (χ0) is 15.1. The van der Waals surface area contributed by atoms with Crippen LogP contribution in [0.2, 0.25) is 0 Å². The molecule has 2 saturated heterocycles. The number of rotatable bonds is 2. The predicted octanol–water partition coefficient (Wildman–Crippen LogP) is 2.90. The van der Waals surface area contributed by atoms with Gasteiger partial charge in [-0.15, -0.1) is 0 Å². The summed E-state index contributed by atoms with van der Waals surface area (Å²) in [6, 6.07) is 0.631. The second-order valence-corrected chi connectivity index (χ2v) is 7.33. The quantitative estimate of drug-likeness (QED) is 0.783. The van der Waals surface area contributed by atoms with E-state index in [4.69, 9.17) is 0 Å². The average Bonchev–Trinajstić information content (AvgIpc) is 2.41.